The molecular weight excluding hydrogens is 172 g/mol. The van der Waals surface area contributed by atoms with Crippen LogP contribution in [-0.2, 0) is 0 Å². The van der Waals surface area contributed by atoms with Crippen LogP contribution in [0.15, 0.2) is 11.6 Å². The highest BCUT2D eigenvalue weighted by Gasteiger charge is 2.13. The molecule has 2 heteroatoms. The summed E-state index contributed by atoms with van der Waals surface area (Å²) in [7, 11) is 0. The van der Waals surface area contributed by atoms with Crippen LogP contribution < -0.4 is 5.73 Å². The molecule has 1 aliphatic rings. The highest BCUT2D eigenvalue weighted by atomic mass is 15.1. The van der Waals surface area contributed by atoms with Gasteiger partial charge in [0.25, 0.3) is 0 Å². The molecule has 0 aromatic rings. The van der Waals surface area contributed by atoms with Gasteiger partial charge in [0.2, 0.25) is 0 Å². The highest BCUT2D eigenvalue weighted by Crippen LogP contribution is 2.17. The second kappa shape index (κ2) is 5.52. The van der Waals surface area contributed by atoms with Gasteiger partial charge >= 0.3 is 0 Å². The summed E-state index contributed by atoms with van der Waals surface area (Å²) in [4.78, 5) is 2.51. The molecule has 1 aliphatic heterocycles. The Balaban J connectivity index is 2.30. The van der Waals surface area contributed by atoms with E-state index < -0.39 is 0 Å². The molecule has 0 fully saturated rings. The summed E-state index contributed by atoms with van der Waals surface area (Å²) in [6.45, 7) is 8.97. The molecule has 0 amide bonds. The monoisotopic (exact) mass is 196 g/mol. The summed E-state index contributed by atoms with van der Waals surface area (Å²) in [5.74, 6) is 0. The summed E-state index contributed by atoms with van der Waals surface area (Å²) < 4.78 is 0. The molecular formula is C12H24N2. The SMILES string of the molecule is CC(N)CCC1=CCN(C(C)C)CC1. The highest BCUT2D eigenvalue weighted by molar-refractivity contribution is 5.07. The van der Waals surface area contributed by atoms with E-state index in [4.69, 9.17) is 5.73 Å². The first-order valence-corrected chi connectivity index (χ1v) is 5.77. The third-order valence-electron chi connectivity index (χ3n) is 2.99. The minimum atomic E-state index is 0.346. The van der Waals surface area contributed by atoms with Crippen molar-refractivity contribution in [3.8, 4) is 0 Å². The molecule has 14 heavy (non-hydrogen) atoms. The fourth-order valence-corrected chi connectivity index (χ4v) is 1.84. The van der Waals surface area contributed by atoms with Gasteiger partial charge < -0.3 is 5.73 Å². The lowest BCUT2D eigenvalue weighted by atomic mass is 10.0. The fraction of sp³-hybridized carbons (Fsp3) is 0.833. The maximum Gasteiger partial charge on any atom is 0.0168 e. The van der Waals surface area contributed by atoms with E-state index in [1.54, 1.807) is 5.57 Å². The largest absolute Gasteiger partial charge is 0.328 e. The average Bonchev–Trinajstić information content (AvgIpc) is 2.15. The van der Waals surface area contributed by atoms with Crippen LogP contribution in [0.1, 0.15) is 40.0 Å². The third-order valence-corrected chi connectivity index (χ3v) is 2.99. The molecule has 0 spiro atoms. The number of rotatable bonds is 4. The van der Waals surface area contributed by atoms with Gasteiger partial charge in [0.05, 0.1) is 0 Å². The summed E-state index contributed by atoms with van der Waals surface area (Å²) in [6, 6.07) is 1.03. The molecule has 1 rings (SSSR count). The molecule has 0 aliphatic carbocycles. The number of hydrogen-bond donors (Lipinski definition) is 1. The maximum absolute atomic E-state index is 5.75. The minimum absolute atomic E-state index is 0.346. The van der Waals surface area contributed by atoms with Gasteiger partial charge in [-0.05, 0) is 40.0 Å². The van der Waals surface area contributed by atoms with Crippen molar-refractivity contribution >= 4 is 0 Å². The Labute approximate surface area is 88.2 Å². The summed E-state index contributed by atoms with van der Waals surface area (Å²) >= 11 is 0. The lowest BCUT2D eigenvalue weighted by molar-refractivity contribution is 0.237. The van der Waals surface area contributed by atoms with Crippen LogP contribution in [-0.4, -0.2) is 30.1 Å². The van der Waals surface area contributed by atoms with Gasteiger partial charge in [-0.25, -0.2) is 0 Å². The van der Waals surface area contributed by atoms with Gasteiger partial charge in [-0.15, -0.1) is 0 Å². The molecule has 0 saturated heterocycles. The smallest absolute Gasteiger partial charge is 0.0168 e. The predicted molar refractivity (Wildman–Crippen MR) is 62.3 cm³/mol. The Morgan fingerprint density at radius 2 is 2.14 bits per heavy atom. The fourth-order valence-electron chi connectivity index (χ4n) is 1.84. The molecule has 82 valence electrons. The molecule has 2 nitrogen and oxygen atoms in total. The van der Waals surface area contributed by atoms with Crippen molar-refractivity contribution in [3.05, 3.63) is 11.6 Å². The molecule has 0 aromatic carbocycles. The maximum atomic E-state index is 5.75. The van der Waals surface area contributed by atoms with Crippen LogP contribution in [0.25, 0.3) is 0 Å². The standard InChI is InChI=1S/C12H24N2/c1-10(2)14-8-6-12(7-9-14)5-4-11(3)13/h6,10-11H,4-5,7-9,13H2,1-3H3. The van der Waals surface area contributed by atoms with E-state index in [2.05, 4.69) is 31.7 Å². The first-order valence-electron chi connectivity index (χ1n) is 5.77. The van der Waals surface area contributed by atoms with Crippen molar-refractivity contribution < 1.29 is 0 Å². The van der Waals surface area contributed by atoms with Crippen LogP contribution in [0, 0.1) is 0 Å². The first-order chi connectivity index (χ1) is 6.59. The van der Waals surface area contributed by atoms with Crippen LogP contribution in [0.5, 0.6) is 0 Å². The summed E-state index contributed by atoms with van der Waals surface area (Å²) in [5.41, 5.74) is 7.36. The first kappa shape index (κ1) is 11.7. The van der Waals surface area contributed by atoms with Crippen molar-refractivity contribution in [1.29, 1.82) is 0 Å². The Bertz CT molecular complexity index is 194. The second-order valence-electron chi connectivity index (χ2n) is 4.72. The van der Waals surface area contributed by atoms with Gasteiger partial charge in [-0.1, -0.05) is 11.6 Å². The molecule has 0 aromatic heterocycles. The van der Waals surface area contributed by atoms with Gasteiger partial charge in [0.15, 0.2) is 0 Å². The number of nitrogens with two attached hydrogens (primary N) is 1. The van der Waals surface area contributed by atoms with E-state index in [1.807, 2.05) is 0 Å². The lowest BCUT2D eigenvalue weighted by Gasteiger charge is -2.29. The summed E-state index contributed by atoms with van der Waals surface area (Å²) in [5, 5.41) is 0. The van der Waals surface area contributed by atoms with E-state index >= 15 is 0 Å². The van der Waals surface area contributed by atoms with E-state index in [1.165, 1.54) is 19.4 Å². The zero-order valence-corrected chi connectivity index (χ0v) is 9.79. The average molecular weight is 196 g/mol. The Hall–Kier alpha value is -0.340. The minimum Gasteiger partial charge on any atom is -0.328 e. The van der Waals surface area contributed by atoms with Crippen LogP contribution in [0.4, 0.5) is 0 Å². The van der Waals surface area contributed by atoms with Crippen LogP contribution in [0.3, 0.4) is 0 Å². The molecule has 0 radical (unpaired) electrons. The third kappa shape index (κ3) is 3.81. The lowest BCUT2D eigenvalue weighted by Crippen LogP contribution is -2.34. The van der Waals surface area contributed by atoms with Crippen molar-refractivity contribution in [1.82, 2.24) is 4.90 Å². The Kier molecular flexibility index (Phi) is 4.63. The van der Waals surface area contributed by atoms with Crippen molar-refractivity contribution in [2.24, 2.45) is 5.73 Å². The van der Waals surface area contributed by atoms with E-state index in [-0.39, 0.29) is 0 Å². The molecule has 2 N–H and O–H groups in total. The Morgan fingerprint density at radius 3 is 2.57 bits per heavy atom. The molecule has 0 bridgehead atoms. The topological polar surface area (TPSA) is 29.3 Å². The second-order valence-corrected chi connectivity index (χ2v) is 4.72. The molecule has 1 atom stereocenters. The van der Waals surface area contributed by atoms with Crippen molar-refractivity contribution in [3.63, 3.8) is 0 Å². The predicted octanol–water partition coefficient (Wildman–Crippen LogP) is 2.15. The van der Waals surface area contributed by atoms with Crippen molar-refractivity contribution in [2.45, 2.75) is 52.1 Å². The van der Waals surface area contributed by atoms with E-state index in [9.17, 15) is 0 Å². The van der Waals surface area contributed by atoms with Crippen LogP contribution in [0.2, 0.25) is 0 Å². The van der Waals surface area contributed by atoms with Gasteiger partial charge in [0, 0.05) is 25.2 Å². The van der Waals surface area contributed by atoms with Gasteiger partial charge in [-0.2, -0.15) is 0 Å². The molecule has 1 heterocycles. The molecule has 1 unspecified atom stereocenters. The van der Waals surface area contributed by atoms with Crippen molar-refractivity contribution in [2.75, 3.05) is 13.1 Å². The molecule has 0 saturated carbocycles. The van der Waals surface area contributed by atoms with E-state index in [0.717, 1.165) is 13.0 Å². The Morgan fingerprint density at radius 1 is 1.43 bits per heavy atom. The van der Waals surface area contributed by atoms with E-state index in [0.29, 0.717) is 12.1 Å². The quantitative estimate of drug-likeness (QED) is 0.698. The van der Waals surface area contributed by atoms with Gasteiger partial charge in [0.1, 0.15) is 0 Å². The normalized spacial score (nSPS) is 21.1. The van der Waals surface area contributed by atoms with Gasteiger partial charge in [-0.3, -0.25) is 4.90 Å². The zero-order valence-electron chi connectivity index (χ0n) is 9.79. The number of hydrogen-bond acceptors (Lipinski definition) is 2. The zero-order chi connectivity index (χ0) is 10.6. The van der Waals surface area contributed by atoms with Crippen LogP contribution >= 0.6 is 0 Å². The number of nitrogens with zero attached hydrogens (tertiary/aromatic N) is 1. The summed E-state index contributed by atoms with van der Waals surface area (Å²) in [6.07, 6.45) is 5.97.